The van der Waals surface area contributed by atoms with Gasteiger partial charge in [-0.15, -0.1) is 0 Å². The van der Waals surface area contributed by atoms with Crippen molar-refractivity contribution in [2.75, 3.05) is 4.72 Å². The molecule has 9 heteroatoms. The van der Waals surface area contributed by atoms with Gasteiger partial charge in [0.25, 0.3) is 10.0 Å². The molecule has 1 aromatic heterocycles. The van der Waals surface area contributed by atoms with Crippen LogP contribution in [0.4, 0.5) is 5.69 Å². The Balaban J connectivity index is 2.04. The quantitative estimate of drug-likeness (QED) is 0.422. The van der Waals surface area contributed by atoms with Gasteiger partial charge in [-0.1, -0.05) is 0 Å². The lowest BCUT2D eigenvalue weighted by atomic mass is 10.3. The molecular weight excluding hydrogens is 433 g/mol. The molecule has 118 valence electrons. The van der Waals surface area contributed by atoms with Crippen LogP contribution in [0.5, 0.6) is 0 Å². The molecule has 0 aliphatic rings. The van der Waals surface area contributed by atoms with E-state index in [9.17, 15) is 18.0 Å². The molecule has 0 aliphatic carbocycles. The second-order valence-electron chi connectivity index (χ2n) is 4.73. The van der Waals surface area contributed by atoms with Gasteiger partial charge in [0.15, 0.2) is 0 Å². The van der Waals surface area contributed by atoms with Gasteiger partial charge in [0.1, 0.15) is 0 Å². The first-order chi connectivity index (χ1) is 10.8. The van der Waals surface area contributed by atoms with Crippen molar-refractivity contribution in [1.29, 1.82) is 0 Å². The number of anilines is 1. The number of aromatic amines is 2. The fourth-order valence-electron chi connectivity index (χ4n) is 1.99. The summed E-state index contributed by atoms with van der Waals surface area (Å²) in [5.74, 6) is 0. The smallest absolute Gasteiger partial charge is 0.314 e. The predicted molar refractivity (Wildman–Crippen MR) is 95.2 cm³/mol. The monoisotopic (exact) mass is 443 g/mol. The molecule has 0 fully saturated rings. The number of hydrogen-bond acceptors (Lipinski definition) is 4. The van der Waals surface area contributed by atoms with Gasteiger partial charge in [-0.05, 0) is 65.1 Å². The van der Waals surface area contributed by atoms with Crippen molar-refractivity contribution in [2.24, 2.45) is 0 Å². The molecular formula is C14H10IN3O4S. The van der Waals surface area contributed by atoms with Crippen LogP contribution < -0.4 is 15.8 Å². The molecule has 0 saturated carbocycles. The zero-order valence-electron chi connectivity index (χ0n) is 11.5. The summed E-state index contributed by atoms with van der Waals surface area (Å²) >= 11 is 2.12. The average molecular weight is 443 g/mol. The minimum absolute atomic E-state index is 0.0220. The SMILES string of the molecule is O=c1[nH]c2ccc(S(=O)(=O)Nc3ccc(I)cc3)cc2[nH]c1=O. The third-order valence-electron chi connectivity index (χ3n) is 3.10. The lowest BCUT2D eigenvalue weighted by Crippen LogP contribution is -2.29. The van der Waals surface area contributed by atoms with Crippen molar-refractivity contribution < 1.29 is 8.42 Å². The number of nitrogens with one attached hydrogen (secondary N) is 3. The zero-order chi connectivity index (χ0) is 16.6. The van der Waals surface area contributed by atoms with E-state index in [2.05, 4.69) is 37.3 Å². The van der Waals surface area contributed by atoms with E-state index in [4.69, 9.17) is 0 Å². The van der Waals surface area contributed by atoms with Gasteiger partial charge in [-0.2, -0.15) is 0 Å². The second-order valence-corrected chi connectivity index (χ2v) is 7.66. The third-order valence-corrected chi connectivity index (χ3v) is 5.20. The maximum Gasteiger partial charge on any atom is 0.314 e. The van der Waals surface area contributed by atoms with Crippen LogP contribution in [0.3, 0.4) is 0 Å². The summed E-state index contributed by atoms with van der Waals surface area (Å²) in [6, 6.07) is 10.9. The van der Waals surface area contributed by atoms with Crippen LogP contribution in [0, 0.1) is 3.57 Å². The molecule has 1 heterocycles. The number of hydrogen-bond donors (Lipinski definition) is 3. The normalized spacial score (nSPS) is 11.5. The van der Waals surface area contributed by atoms with E-state index in [0.29, 0.717) is 11.2 Å². The van der Waals surface area contributed by atoms with Crippen molar-refractivity contribution >= 4 is 49.3 Å². The van der Waals surface area contributed by atoms with Gasteiger partial charge >= 0.3 is 11.1 Å². The summed E-state index contributed by atoms with van der Waals surface area (Å²) < 4.78 is 28.3. The minimum atomic E-state index is -3.81. The Morgan fingerprint density at radius 1 is 0.870 bits per heavy atom. The highest BCUT2D eigenvalue weighted by Gasteiger charge is 2.15. The van der Waals surface area contributed by atoms with E-state index < -0.39 is 21.1 Å². The highest BCUT2D eigenvalue weighted by molar-refractivity contribution is 14.1. The van der Waals surface area contributed by atoms with Gasteiger partial charge in [0.2, 0.25) is 0 Å². The van der Waals surface area contributed by atoms with E-state index in [1.807, 2.05) is 0 Å². The first kappa shape index (κ1) is 15.7. The molecule has 0 spiro atoms. The van der Waals surface area contributed by atoms with E-state index in [1.54, 1.807) is 24.3 Å². The number of rotatable bonds is 3. The van der Waals surface area contributed by atoms with Crippen molar-refractivity contribution in [3.63, 3.8) is 0 Å². The lowest BCUT2D eigenvalue weighted by molar-refractivity contribution is 0.601. The van der Waals surface area contributed by atoms with Crippen LogP contribution in [0.1, 0.15) is 0 Å². The number of fused-ring (bicyclic) bond motifs is 1. The van der Waals surface area contributed by atoms with E-state index in [-0.39, 0.29) is 10.4 Å². The molecule has 0 saturated heterocycles. The van der Waals surface area contributed by atoms with Crippen molar-refractivity contribution in [3.05, 3.63) is 66.7 Å². The molecule has 3 N–H and O–H groups in total. The standard InChI is InChI=1S/C14H10IN3O4S/c15-8-1-3-9(4-2-8)18-23(21,22)10-5-6-11-12(7-10)17-14(20)13(19)16-11/h1-7,18H,(H,16,19)(H,17,20). The van der Waals surface area contributed by atoms with Gasteiger partial charge in [-0.3, -0.25) is 14.3 Å². The van der Waals surface area contributed by atoms with Gasteiger partial charge in [0.05, 0.1) is 15.9 Å². The van der Waals surface area contributed by atoms with Gasteiger partial charge < -0.3 is 9.97 Å². The minimum Gasteiger partial charge on any atom is -0.316 e. The molecule has 0 unspecified atom stereocenters. The number of benzene rings is 2. The highest BCUT2D eigenvalue weighted by atomic mass is 127. The maximum atomic E-state index is 12.4. The Morgan fingerprint density at radius 2 is 1.48 bits per heavy atom. The fraction of sp³-hybridized carbons (Fsp3) is 0. The number of sulfonamides is 1. The Kier molecular flexibility index (Phi) is 3.98. The lowest BCUT2D eigenvalue weighted by Gasteiger charge is -2.09. The van der Waals surface area contributed by atoms with Crippen LogP contribution in [0.15, 0.2) is 56.9 Å². The topological polar surface area (TPSA) is 112 Å². The summed E-state index contributed by atoms with van der Waals surface area (Å²) in [7, 11) is -3.81. The van der Waals surface area contributed by atoms with Crippen LogP contribution in [-0.4, -0.2) is 18.4 Å². The molecule has 0 amide bonds. The van der Waals surface area contributed by atoms with E-state index in [0.717, 1.165) is 3.57 Å². The molecule has 7 nitrogen and oxygen atoms in total. The molecule has 0 bridgehead atoms. The third kappa shape index (κ3) is 3.29. The first-order valence-corrected chi connectivity index (χ1v) is 8.96. The van der Waals surface area contributed by atoms with E-state index in [1.165, 1.54) is 18.2 Å². The number of H-pyrrole nitrogens is 2. The van der Waals surface area contributed by atoms with Crippen LogP contribution >= 0.6 is 22.6 Å². The Labute approximate surface area is 144 Å². The second kappa shape index (κ2) is 5.81. The summed E-state index contributed by atoms with van der Waals surface area (Å²) in [5.41, 5.74) is -0.605. The maximum absolute atomic E-state index is 12.4. The largest absolute Gasteiger partial charge is 0.316 e. The molecule has 2 aromatic carbocycles. The summed E-state index contributed by atoms with van der Waals surface area (Å²) in [5, 5.41) is 0. The average Bonchev–Trinajstić information content (AvgIpc) is 2.50. The molecule has 3 rings (SSSR count). The van der Waals surface area contributed by atoms with Crippen LogP contribution in [0.25, 0.3) is 11.0 Å². The molecule has 0 radical (unpaired) electrons. The molecule has 0 aliphatic heterocycles. The van der Waals surface area contributed by atoms with Crippen molar-refractivity contribution in [3.8, 4) is 0 Å². The predicted octanol–water partition coefficient (Wildman–Crippen LogP) is 1.62. The van der Waals surface area contributed by atoms with Crippen LogP contribution in [-0.2, 0) is 10.0 Å². The number of halogens is 1. The number of aromatic nitrogens is 2. The fourth-order valence-corrected chi connectivity index (χ4v) is 3.44. The Morgan fingerprint density at radius 3 is 2.13 bits per heavy atom. The Bertz CT molecular complexity index is 1100. The van der Waals surface area contributed by atoms with Crippen molar-refractivity contribution in [2.45, 2.75) is 4.90 Å². The summed E-state index contributed by atoms with van der Waals surface area (Å²) in [6.45, 7) is 0. The highest BCUT2D eigenvalue weighted by Crippen LogP contribution is 2.19. The van der Waals surface area contributed by atoms with Crippen LogP contribution in [0.2, 0.25) is 0 Å². The van der Waals surface area contributed by atoms with Gasteiger partial charge in [0, 0.05) is 9.26 Å². The summed E-state index contributed by atoms with van der Waals surface area (Å²) in [6.07, 6.45) is 0. The van der Waals surface area contributed by atoms with Gasteiger partial charge in [-0.25, -0.2) is 8.42 Å². The molecule has 0 atom stereocenters. The molecule has 3 aromatic rings. The summed E-state index contributed by atoms with van der Waals surface area (Å²) in [4.78, 5) is 27.3. The van der Waals surface area contributed by atoms with E-state index >= 15 is 0 Å². The Hall–Kier alpha value is -2.14. The first-order valence-electron chi connectivity index (χ1n) is 6.40. The molecule has 23 heavy (non-hydrogen) atoms. The zero-order valence-corrected chi connectivity index (χ0v) is 14.4. The van der Waals surface area contributed by atoms with Crippen molar-refractivity contribution in [1.82, 2.24) is 9.97 Å².